The number of para-hydroxylation sites is 2. The minimum Gasteiger partial charge on any atom is -0.449 e. The first kappa shape index (κ1) is 14.8. The van der Waals surface area contributed by atoms with Crippen LogP contribution in [0, 0.1) is 10.1 Å². The molecule has 0 unspecified atom stereocenters. The lowest BCUT2D eigenvalue weighted by molar-refractivity contribution is -0.385. The van der Waals surface area contributed by atoms with Crippen molar-refractivity contribution in [3.05, 3.63) is 62.6 Å². The van der Waals surface area contributed by atoms with Crippen molar-refractivity contribution in [2.45, 2.75) is 0 Å². The Balaban J connectivity index is 2.51. The van der Waals surface area contributed by atoms with Gasteiger partial charge in [0.15, 0.2) is 5.84 Å². The molecule has 0 aliphatic carbocycles. The number of amidine groups is 1. The molecule has 8 heteroatoms. The molecule has 7 nitrogen and oxygen atoms in total. The van der Waals surface area contributed by atoms with Gasteiger partial charge in [0.05, 0.1) is 10.5 Å². The molecule has 2 aromatic carbocycles. The molecule has 0 heterocycles. The molecule has 2 rings (SSSR count). The van der Waals surface area contributed by atoms with E-state index in [1.54, 1.807) is 24.3 Å². The van der Waals surface area contributed by atoms with Gasteiger partial charge in [0.2, 0.25) is 5.75 Å². The fourth-order valence-electron chi connectivity index (χ4n) is 1.70. The molecule has 0 amide bonds. The fraction of sp³-hybridized carbons (Fsp3) is 0. The van der Waals surface area contributed by atoms with Crippen molar-refractivity contribution < 1.29 is 14.9 Å². The van der Waals surface area contributed by atoms with Gasteiger partial charge in [0.25, 0.3) is 0 Å². The topological polar surface area (TPSA) is 111 Å². The number of hydrogen-bond acceptors (Lipinski definition) is 5. The van der Waals surface area contributed by atoms with Crippen molar-refractivity contribution in [3.63, 3.8) is 0 Å². The predicted octanol–water partition coefficient (Wildman–Crippen LogP) is 3.24. The number of nitrogens with two attached hydrogens (primary N) is 1. The Labute approximate surface area is 127 Å². The number of hydrogen-bond donors (Lipinski definition) is 2. The van der Waals surface area contributed by atoms with E-state index in [1.807, 2.05) is 0 Å². The number of ether oxygens (including phenoxy) is 1. The van der Waals surface area contributed by atoms with E-state index >= 15 is 0 Å². The highest BCUT2D eigenvalue weighted by molar-refractivity contribution is 9.10. The molecule has 0 aromatic heterocycles. The zero-order chi connectivity index (χ0) is 15.4. The van der Waals surface area contributed by atoms with Crippen LogP contribution in [0.5, 0.6) is 11.5 Å². The maximum atomic E-state index is 11.0. The number of nitrogens with zero attached hydrogens (tertiary/aromatic N) is 2. The molecule has 108 valence electrons. The zero-order valence-electron chi connectivity index (χ0n) is 10.6. The van der Waals surface area contributed by atoms with Crippen LogP contribution in [0.2, 0.25) is 0 Å². The van der Waals surface area contributed by atoms with Crippen LogP contribution >= 0.6 is 15.9 Å². The van der Waals surface area contributed by atoms with Gasteiger partial charge < -0.3 is 15.7 Å². The van der Waals surface area contributed by atoms with Crippen LogP contribution in [0.1, 0.15) is 5.56 Å². The van der Waals surface area contributed by atoms with E-state index in [0.29, 0.717) is 10.0 Å². The molecule has 3 N–H and O–H groups in total. The summed E-state index contributed by atoms with van der Waals surface area (Å²) in [6.07, 6.45) is 0. The van der Waals surface area contributed by atoms with Crippen LogP contribution in [0.4, 0.5) is 5.69 Å². The van der Waals surface area contributed by atoms with E-state index in [4.69, 9.17) is 15.7 Å². The molecule has 0 aliphatic rings. The lowest BCUT2D eigenvalue weighted by Crippen LogP contribution is -2.15. The highest BCUT2D eigenvalue weighted by atomic mass is 79.9. The van der Waals surface area contributed by atoms with Gasteiger partial charge in [-0.25, -0.2) is 0 Å². The molecule has 0 aliphatic heterocycles. The summed E-state index contributed by atoms with van der Waals surface area (Å²) >= 11 is 3.26. The fourth-order valence-corrected chi connectivity index (χ4v) is 2.25. The third-order valence-electron chi connectivity index (χ3n) is 2.62. The maximum absolute atomic E-state index is 11.0. The third-order valence-corrected chi connectivity index (χ3v) is 3.28. The summed E-state index contributed by atoms with van der Waals surface area (Å²) in [5.74, 6) is 0.123. The van der Waals surface area contributed by atoms with Crippen LogP contribution in [0.15, 0.2) is 52.1 Å². The van der Waals surface area contributed by atoms with Gasteiger partial charge in [-0.15, -0.1) is 0 Å². The van der Waals surface area contributed by atoms with E-state index in [-0.39, 0.29) is 23.0 Å². The summed E-state index contributed by atoms with van der Waals surface area (Å²) < 4.78 is 6.10. The highest BCUT2D eigenvalue weighted by Gasteiger charge is 2.18. The second kappa shape index (κ2) is 6.23. The molecule has 21 heavy (non-hydrogen) atoms. The first-order chi connectivity index (χ1) is 10.0. The van der Waals surface area contributed by atoms with Crippen molar-refractivity contribution in [1.82, 2.24) is 0 Å². The Morgan fingerprint density at radius 2 is 1.90 bits per heavy atom. The molecule has 0 fully saturated rings. The Morgan fingerprint density at radius 3 is 2.57 bits per heavy atom. The standard InChI is InChI=1S/C13H10BrN3O4/c14-8-4-3-7-11(12(8)13(15)16-18)21-10-6-2-1-5-9(10)17(19)20/h1-7,18H,(H2,15,16). The number of oxime groups is 1. The van der Waals surface area contributed by atoms with E-state index in [2.05, 4.69) is 21.1 Å². The zero-order valence-corrected chi connectivity index (χ0v) is 12.1. The Morgan fingerprint density at radius 1 is 1.24 bits per heavy atom. The molecular weight excluding hydrogens is 342 g/mol. The molecule has 2 aromatic rings. The van der Waals surface area contributed by atoms with Crippen molar-refractivity contribution in [2.75, 3.05) is 0 Å². The number of rotatable bonds is 4. The van der Waals surface area contributed by atoms with Gasteiger partial charge in [-0.3, -0.25) is 10.1 Å². The summed E-state index contributed by atoms with van der Waals surface area (Å²) in [6, 6.07) is 10.9. The number of benzene rings is 2. The SMILES string of the molecule is N/C(=N/O)c1c(Br)cccc1Oc1ccccc1[N+](=O)[O-]. The van der Waals surface area contributed by atoms with Gasteiger partial charge in [0, 0.05) is 10.5 Å². The average Bonchev–Trinajstić information content (AvgIpc) is 2.47. The molecule has 0 bridgehead atoms. The van der Waals surface area contributed by atoms with Crippen molar-refractivity contribution in [2.24, 2.45) is 10.9 Å². The summed E-state index contributed by atoms with van der Waals surface area (Å²) in [5, 5.41) is 22.7. The van der Waals surface area contributed by atoms with E-state index in [0.717, 1.165) is 0 Å². The summed E-state index contributed by atoms with van der Waals surface area (Å²) in [6.45, 7) is 0. The van der Waals surface area contributed by atoms with Crippen LogP contribution in [0.3, 0.4) is 0 Å². The van der Waals surface area contributed by atoms with Gasteiger partial charge >= 0.3 is 5.69 Å². The molecule has 0 spiro atoms. The minimum absolute atomic E-state index is 0.0626. The Bertz CT molecular complexity index is 718. The molecule has 0 saturated carbocycles. The molecule has 0 radical (unpaired) electrons. The van der Waals surface area contributed by atoms with Gasteiger partial charge in [-0.2, -0.15) is 0 Å². The van der Waals surface area contributed by atoms with Crippen molar-refractivity contribution in [3.8, 4) is 11.5 Å². The second-order valence-electron chi connectivity index (χ2n) is 3.93. The van der Waals surface area contributed by atoms with Crippen LogP contribution in [0.25, 0.3) is 0 Å². The van der Waals surface area contributed by atoms with Crippen molar-refractivity contribution in [1.29, 1.82) is 0 Å². The Kier molecular flexibility index (Phi) is 4.39. The number of nitro benzene ring substituents is 1. The van der Waals surface area contributed by atoms with Gasteiger partial charge in [-0.1, -0.05) is 23.4 Å². The first-order valence-electron chi connectivity index (χ1n) is 5.72. The largest absolute Gasteiger partial charge is 0.449 e. The van der Waals surface area contributed by atoms with Crippen LogP contribution in [-0.2, 0) is 0 Å². The summed E-state index contributed by atoms with van der Waals surface area (Å²) in [5.41, 5.74) is 5.73. The molecular formula is C13H10BrN3O4. The van der Waals surface area contributed by atoms with E-state index in [1.165, 1.54) is 18.2 Å². The normalized spacial score (nSPS) is 11.2. The van der Waals surface area contributed by atoms with Crippen LogP contribution in [-0.4, -0.2) is 16.0 Å². The predicted molar refractivity (Wildman–Crippen MR) is 79.8 cm³/mol. The lowest BCUT2D eigenvalue weighted by Gasteiger charge is -2.11. The first-order valence-corrected chi connectivity index (χ1v) is 6.51. The molecule has 0 saturated heterocycles. The van der Waals surface area contributed by atoms with Gasteiger partial charge in [-0.05, 0) is 34.1 Å². The average molecular weight is 352 g/mol. The van der Waals surface area contributed by atoms with E-state index in [9.17, 15) is 10.1 Å². The quantitative estimate of drug-likeness (QED) is 0.288. The third kappa shape index (κ3) is 3.11. The smallest absolute Gasteiger partial charge is 0.311 e. The monoisotopic (exact) mass is 351 g/mol. The lowest BCUT2D eigenvalue weighted by atomic mass is 10.2. The number of nitro groups is 1. The summed E-state index contributed by atoms with van der Waals surface area (Å²) in [4.78, 5) is 10.4. The Hall–Kier alpha value is -2.61. The second-order valence-corrected chi connectivity index (χ2v) is 4.78. The van der Waals surface area contributed by atoms with Crippen molar-refractivity contribution >= 4 is 27.5 Å². The van der Waals surface area contributed by atoms with Gasteiger partial charge in [0.1, 0.15) is 5.75 Å². The summed E-state index contributed by atoms with van der Waals surface area (Å²) in [7, 11) is 0. The van der Waals surface area contributed by atoms with E-state index < -0.39 is 4.92 Å². The molecule has 0 atom stereocenters. The highest BCUT2D eigenvalue weighted by Crippen LogP contribution is 2.34. The van der Waals surface area contributed by atoms with Crippen LogP contribution < -0.4 is 10.5 Å². The number of halogens is 1. The minimum atomic E-state index is -0.545. The maximum Gasteiger partial charge on any atom is 0.311 e.